The number of hydrogen-bond acceptors (Lipinski definition) is 4. The van der Waals surface area contributed by atoms with Crippen LogP contribution in [0, 0.1) is 6.92 Å². The predicted molar refractivity (Wildman–Crippen MR) is 97.7 cm³/mol. The largest absolute Gasteiger partial charge is 0.493 e. The molecule has 5 nitrogen and oxygen atoms in total. The number of methoxy groups -OCH3 is 2. The molecule has 0 heterocycles. The highest BCUT2D eigenvalue weighted by Crippen LogP contribution is 2.28. The van der Waals surface area contributed by atoms with Crippen molar-refractivity contribution >= 4 is 17.5 Å². The molecular formula is C19H22ClNO4. The van der Waals surface area contributed by atoms with E-state index < -0.39 is 6.10 Å². The molecule has 0 aliphatic rings. The summed E-state index contributed by atoms with van der Waals surface area (Å²) in [6.45, 7) is 3.97. The average molecular weight is 364 g/mol. The smallest absolute Gasteiger partial charge is 0.261 e. The molecule has 0 aliphatic carbocycles. The van der Waals surface area contributed by atoms with E-state index in [1.807, 2.05) is 25.1 Å². The lowest BCUT2D eigenvalue weighted by atomic mass is 10.2. The van der Waals surface area contributed by atoms with Crippen molar-refractivity contribution in [2.24, 2.45) is 0 Å². The van der Waals surface area contributed by atoms with Gasteiger partial charge >= 0.3 is 0 Å². The maximum absolute atomic E-state index is 12.3. The van der Waals surface area contributed by atoms with Crippen molar-refractivity contribution in [3.8, 4) is 17.2 Å². The Kier molecular flexibility index (Phi) is 6.53. The van der Waals surface area contributed by atoms with E-state index in [0.717, 1.165) is 11.1 Å². The molecule has 0 saturated carbocycles. The van der Waals surface area contributed by atoms with E-state index in [0.29, 0.717) is 28.8 Å². The van der Waals surface area contributed by atoms with Gasteiger partial charge in [0.15, 0.2) is 17.6 Å². The van der Waals surface area contributed by atoms with Gasteiger partial charge in [-0.15, -0.1) is 0 Å². The zero-order valence-corrected chi connectivity index (χ0v) is 15.5. The van der Waals surface area contributed by atoms with Crippen molar-refractivity contribution in [2.75, 3.05) is 14.2 Å². The highest BCUT2D eigenvalue weighted by atomic mass is 35.5. The standard InChI is InChI=1S/C19H22ClNO4/c1-12-5-7-15(20)17(9-12)25-13(2)19(22)21-11-14-6-8-16(23-3)18(10-14)24-4/h5-10,13H,11H2,1-4H3,(H,21,22). The topological polar surface area (TPSA) is 56.8 Å². The molecule has 25 heavy (non-hydrogen) atoms. The predicted octanol–water partition coefficient (Wildman–Crippen LogP) is 3.75. The summed E-state index contributed by atoms with van der Waals surface area (Å²) in [5.74, 6) is 1.52. The molecule has 1 amide bonds. The molecule has 134 valence electrons. The van der Waals surface area contributed by atoms with Crippen LogP contribution in [0.15, 0.2) is 36.4 Å². The Labute approximate surface area is 152 Å². The first-order valence-corrected chi connectivity index (χ1v) is 8.23. The van der Waals surface area contributed by atoms with Crippen molar-refractivity contribution in [3.05, 3.63) is 52.5 Å². The molecule has 2 rings (SSSR count). The van der Waals surface area contributed by atoms with E-state index in [2.05, 4.69) is 5.32 Å². The Hall–Kier alpha value is -2.40. The van der Waals surface area contributed by atoms with Crippen LogP contribution in [0.3, 0.4) is 0 Å². The minimum absolute atomic E-state index is 0.229. The fraction of sp³-hybridized carbons (Fsp3) is 0.316. The summed E-state index contributed by atoms with van der Waals surface area (Å²) in [5.41, 5.74) is 1.91. The highest BCUT2D eigenvalue weighted by Gasteiger charge is 2.16. The van der Waals surface area contributed by atoms with Crippen molar-refractivity contribution in [2.45, 2.75) is 26.5 Å². The van der Waals surface area contributed by atoms with E-state index in [1.54, 1.807) is 39.3 Å². The van der Waals surface area contributed by atoms with Crippen LogP contribution in [0.2, 0.25) is 5.02 Å². The molecule has 2 aromatic carbocycles. The summed E-state index contributed by atoms with van der Waals surface area (Å²) in [7, 11) is 3.15. The van der Waals surface area contributed by atoms with Gasteiger partial charge in [-0.3, -0.25) is 4.79 Å². The third-order valence-corrected chi connectivity index (χ3v) is 3.99. The Bertz CT molecular complexity index is 748. The Balaban J connectivity index is 1.96. The molecule has 0 aromatic heterocycles. The van der Waals surface area contributed by atoms with Crippen LogP contribution < -0.4 is 19.5 Å². The minimum atomic E-state index is -0.667. The number of rotatable bonds is 7. The first-order chi connectivity index (χ1) is 11.9. The normalized spacial score (nSPS) is 11.6. The molecule has 0 aliphatic heterocycles. The lowest BCUT2D eigenvalue weighted by Gasteiger charge is -2.16. The molecule has 1 atom stereocenters. The van der Waals surface area contributed by atoms with Gasteiger partial charge in [0, 0.05) is 6.54 Å². The van der Waals surface area contributed by atoms with E-state index in [1.165, 1.54) is 0 Å². The van der Waals surface area contributed by atoms with E-state index in [-0.39, 0.29) is 5.91 Å². The van der Waals surface area contributed by atoms with Gasteiger partial charge in [-0.1, -0.05) is 23.7 Å². The number of benzene rings is 2. The van der Waals surface area contributed by atoms with Crippen LogP contribution in [0.4, 0.5) is 0 Å². The van der Waals surface area contributed by atoms with Gasteiger partial charge < -0.3 is 19.5 Å². The van der Waals surface area contributed by atoms with Gasteiger partial charge in [-0.2, -0.15) is 0 Å². The number of amides is 1. The first kappa shape index (κ1) is 18.9. The Morgan fingerprint density at radius 1 is 1.08 bits per heavy atom. The Morgan fingerprint density at radius 2 is 1.80 bits per heavy atom. The van der Waals surface area contributed by atoms with Crippen molar-refractivity contribution < 1.29 is 19.0 Å². The SMILES string of the molecule is COc1ccc(CNC(=O)C(C)Oc2cc(C)ccc2Cl)cc1OC. The lowest BCUT2D eigenvalue weighted by Crippen LogP contribution is -2.36. The average Bonchev–Trinajstić information content (AvgIpc) is 2.62. The van der Waals surface area contributed by atoms with Gasteiger partial charge in [0.1, 0.15) is 5.75 Å². The molecule has 0 fully saturated rings. The van der Waals surface area contributed by atoms with Gasteiger partial charge in [0.2, 0.25) is 0 Å². The second-order valence-corrected chi connectivity index (χ2v) is 6.01. The maximum Gasteiger partial charge on any atom is 0.261 e. The van der Waals surface area contributed by atoms with Crippen LogP contribution in [-0.2, 0) is 11.3 Å². The quantitative estimate of drug-likeness (QED) is 0.814. The summed E-state index contributed by atoms with van der Waals surface area (Å²) in [4.78, 5) is 12.3. The highest BCUT2D eigenvalue weighted by molar-refractivity contribution is 6.32. The summed E-state index contributed by atoms with van der Waals surface area (Å²) in [6.07, 6.45) is -0.667. The van der Waals surface area contributed by atoms with Crippen LogP contribution in [0.1, 0.15) is 18.1 Å². The zero-order chi connectivity index (χ0) is 18.4. The number of carbonyl (C=O) groups excluding carboxylic acids is 1. The molecule has 0 radical (unpaired) electrons. The zero-order valence-electron chi connectivity index (χ0n) is 14.8. The molecule has 1 unspecified atom stereocenters. The van der Waals surface area contributed by atoms with Crippen LogP contribution in [-0.4, -0.2) is 26.2 Å². The second kappa shape index (κ2) is 8.62. The fourth-order valence-corrected chi connectivity index (χ4v) is 2.43. The number of halogens is 1. The van der Waals surface area contributed by atoms with Crippen molar-refractivity contribution in [1.29, 1.82) is 0 Å². The summed E-state index contributed by atoms with van der Waals surface area (Å²) in [5, 5.41) is 3.32. The molecule has 2 aromatic rings. The number of ether oxygens (including phenoxy) is 3. The maximum atomic E-state index is 12.3. The molecule has 6 heteroatoms. The summed E-state index contributed by atoms with van der Waals surface area (Å²) in [6, 6.07) is 10.9. The van der Waals surface area contributed by atoms with Crippen LogP contribution in [0.5, 0.6) is 17.2 Å². The molecule has 0 spiro atoms. The molecular weight excluding hydrogens is 342 g/mol. The third-order valence-electron chi connectivity index (χ3n) is 3.67. The number of nitrogens with one attached hydrogen (secondary N) is 1. The number of hydrogen-bond donors (Lipinski definition) is 1. The fourth-order valence-electron chi connectivity index (χ4n) is 2.27. The minimum Gasteiger partial charge on any atom is -0.493 e. The molecule has 0 bridgehead atoms. The second-order valence-electron chi connectivity index (χ2n) is 5.60. The summed E-state index contributed by atoms with van der Waals surface area (Å²) >= 11 is 6.10. The monoisotopic (exact) mass is 363 g/mol. The van der Waals surface area contributed by atoms with E-state index in [4.69, 9.17) is 25.8 Å². The molecule has 1 N–H and O–H groups in total. The van der Waals surface area contributed by atoms with Crippen molar-refractivity contribution in [1.82, 2.24) is 5.32 Å². The van der Waals surface area contributed by atoms with Crippen molar-refractivity contribution in [3.63, 3.8) is 0 Å². The number of carbonyl (C=O) groups is 1. The Morgan fingerprint density at radius 3 is 2.48 bits per heavy atom. The van der Waals surface area contributed by atoms with E-state index in [9.17, 15) is 4.79 Å². The molecule has 0 saturated heterocycles. The van der Waals surface area contributed by atoms with Crippen LogP contribution in [0.25, 0.3) is 0 Å². The van der Waals surface area contributed by atoms with Gasteiger partial charge in [0.05, 0.1) is 19.2 Å². The van der Waals surface area contributed by atoms with E-state index >= 15 is 0 Å². The first-order valence-electron chi connectivity index (χ1n) is 7.86. The third kappa shape index (κ3) is 5.03. The van der Waals surface area contributed by atoms with Crippen LogP contribution >= 0.6 is 11.6 Å². The lowest BCUT2D eigenvalue weighted by molar-refractivity contribution is -0.127. The van der Waals surface area contributed by atoms with Gasteiger partial charge in [-0.05, 0) is 49.2 Å². The number of aryl methyl sites for hydroxylation is 1. The van der Waals surface area contributed by atoms with Gasteiger partial charge in [0.25, 0.3) is 5.91 Å². The van der Waals surface area contributed by atoms with Gasteiger partial charge in [-0.25, -0.2) is 0 Å². The summed E-state index contributed by atoms with van der Waals surface area (Å²) < 4.78 is 16.1.